The Morgan fingerprint density at radius 1 is 0.833 bits per heavy atom. The normalized spacial score (nSPS) is 11.3. The number of hydrogen-bond acceptors (Lipinski definition) is 1. The molecule has 0 aliphatic carbocycles. The van der Waals surface area contributed by atoms with E-state index in [0.717, 1.165) is 12.1 Å². The summed E-state index contributed by atoms with van der Waals surface area (Å²) in [5.74, 6) is 0. The van der Waals surface area contributed by atoms with Gasteiger partial charge in [-0.2, -0.15) is 0 Å². The summed E-state index contributed by atoms with van der Waals surface area (Å²) in [5, 5.41) is 3.50. The lowest BCUT2D eigenvalue weighted by Gasteiger charge is -2.21. The molecule has 0 atom stereocenters. The van der Waals surface area contributed by atoms with Gasteiger partial charge in [0.2, 0.25) is 0 Å². The summed E-state index contributed by atoms with van der Waals surface area (Å²) in [4.78, 5) is 0. The van der Waals surface area contributed by atoms with E-state index in [2.05, 4.69) is 74.6 Å². The van der Waals surface area contributed by atoms with Crippen LogP contribution < -0.4 is 5.32 Å². The van der Waals surface area contributed by atoms with Crippen LogP contribution in [-0.4, -0.2) is 0 Å². The molecule has 2 aromatic rings. The standard InChI is InChI=1S/C17H21N/c1-17(2,3)13-14-9-7-8-12-16(14)18-15-10-5-4-6-11-15/h4-12,18H,13H2,1-3H3. The Kier molecular flexibility index (Phi) is 3.71. The zero-order valence-corrected chi connectivity index (χ0v) is 11.4. The van der Waals surface area contributed by atoms with Crippen LogP contribution in [0.25, 0.3) is 0 Å². The molecule has 0 unspecified atom stereocenters. The van der Waals surface area contributed by atoms with Crippen LogP contribution in [0, 0.1) is 5.41 Å². The van der Waals surface area contributed by atoms with Crippen molar-refractivity contribution in [2.75, 3.05) is 5.32 Å². The molecule has 0 aliphatic heterocycles. The lowest BCUT2D eigenvalue weighted by molar-refractivity contribution is 0.412. The lowest BCUT2D eigenvalue weighted by Crippen LogP contribution is -2.10. The zero-order chi connectivity index (χ0) is 13.0. The summed E-state index contributed by atoms with van der Waals surface area (Å²) in [6.07, 6.45) is 1.07. The number of rotatable bonds is 3. The quantitative estimate of drug-likeness (QED) is 0.793. The average molecular weight is 239 g/mol. The summed E-state index contributed by atoms with van der Waals surface area (Å²) in [6.45, 7) is 6.81. The van der Waals surface area contributed by atoms with Gasteiger partial charge in [0, 0.05) is 11.4 Å². The van der Waals surface area contributed by atoms with Gasteiger partial charge < -0.3 is 5.32 Å². The maximum absolute atomic E-state index is 3.50. The number of nitrogens with one attached hydrogen (secondary N) is 1. The predicted molar refractivity (Wildman–Crippen MR) is 79.3 cm³/mol. The highest BCUT2D eigenvalue weighted by Gasteiger charge is 2.13. The molecule has 18 heavy (non-hydrogen) atoms. The number of hydrogen-bond donors (Lipinski definition) is 1. The van der Waals surface area contributed by atoms with E-state index in [-0.39, 0.29) is 0 Å². The fraction of sp³-hybridized carbons (Fsp3) is 0.294. The maximum atomic E-state index is 3.50. The van der Waals surface area contributed by atoms with Crippen molar-refractivity contribution in [2.24, 2.45) is 5.41 Å². The van der Waals surface area contributed by atoms with Crippen molar-refractivity contribution in [3.05, 3.63) is 60.2 Å². The summed E-state index contributed by atoms with van der Waals surface area (Å²) >= 11 is 0. The molecule has 1 heteroatoms. The second kappa shape index (κ2) is 5.26. The van der Waals surface area contributed by atoms with Crippen LogP contribution in [0.15, 0.2) is 54.6 Å². The molecule has 2 aromatic carbocycles. The van der Waals surface area contributed by atoms with Crippen LogP contribution >= 0.6 is 0 Å². The average Bonchev–Trinajstić information content (AvgIpc) is 2.31. The van der Waals surface area contributed by atoms with Gasteiger partial charge in [0.25, 0.3) is 0 Å². The van der Waals surface area contributed by atoms with Crippen molar-refractivity contribution in [1.82, 2.24) is 0 Å². The minimum absolute atomic E-state index is 0.300. The highest BCUT2D eigenvalue weighted by atomic mass is 14.9. The van der Waals surface area contributed by atoms with Gasteiger partial charge >= 0.3 is 0 Å². The van der Waals surface area contributed by atoms with Crippen LogP contribution in [0.4, 0.5) is 11.4 Å². The molecule has 0 saturated heterocycles. The highest BCUT2D eigenvalue weighted by molar-refractivity contribution is 5.63. The molecule has 0 amide bonds. The van der Waals surface area contributed by atoms with Crippen LogP contribution in [0.2, 0.25) is 0 Å². The van der Waals surface area contributed by atoms with Gasteiger partial charge in [-0.1, -0.05) is 57.2 Å². The maximum Gasteiger partial charge on any atom is 0.0416 e. The molecule has 94 valence electrons. The molecule has 0 heterocycles. The van der Waals surface area contributed by atoms with E-state index in [4.69, 9.17) is 0 Å². The van der Waals surface area contributed by atoms with Gasteiger partial charge in [-0.15, -0.1) is 0 Å². The first kappa shape index (κ1) is 12.7. The van der Waals surface area contributed by atoms with Gasteiger partial charge in [0.1, 0.15) is 0 Å². The fourth-order valence-corrected chi connectivity index (χ4v) is 2.04. The van der Waals surface area contributed by atoms with Gasteiger partial charge in [0.05, 0.1) is 0 Å². The first-order valence-corrected chi connectivity index (χ1v) is 6.45. The van der Waals surface area contributed by atoms with Crippen molar-refractivity contribution in [3.63, 3.8) is 0 Å². The first-order valence-electron chi connectivity index (χ1n) is 6.45. The van der Waals surface area contributed by atoms with E-state index in [1.54, 1.807) is 0 Å². The molecule has 0 bridgehead atoms. The molecule has 0 radical (unpaired) electrons. The highest BCUT2D eigenvalue weighted by Crippen LogP contribution is 2.27. The minimum Gasteiger partial charge on any atom is -0.355 e. The Morgan fingerprint density at radius 2 is 1.44 bits per heavy atom. The largest absolute Gasteiger partial charge is 0.355 e. The number of anilines is 2. The second-order valence-electron chi connectivity index (χ2n) is 5.89. The Hall–Kier alpha value is -1.76. The molecular formula is C17H21N. The van der Waals surface area contributed by atoms with Crippen molar-refractivity contribution in [2.45, 2.75) is 27.2 Å². The zero-order valence-electron chi connectivity index (χ0n) is 11.4. The summed E-state index contributed by atoms with van der Waals surface area (Å²) < 4.78 is 0. The van der Waals surface area contributed by atoms with Crippen molar-refractivity contribution >= 4 is 11.4 Å². The van der Waals surface area contributed by atoms with Gasteiger partial charge in [-0.25, -0.2) is 0 Å². The minimum atomic E-state index is 0.300. The third kappa shape index (κ3) is 3.63. The summed E-state index contributed by atoms with van der Waals surface area (Å²) in [6, 6.07) is 18.9. The van der Waals surface area contributed by atoms with Crippen molar-refractivity contribution in [3.8, 4) is 0 Å². The Morgan fingerprint density at radius 3 is 2.11 bits per heavy atom. The van der Waals surface area contributed by atoms with Crippen LogP contribution in [0.1, 0.15) is 26.3 Å². The van der Waals surface area contributed by atoms with E-state index in [1.807, 2.05) is 6.07 Å². The lowest BCUT2D eigenvalue weighted by atomic mass is 9.87. The first-order chi connectivity index (χ1) is 8.54. The monoisotopic (exact) mass is 239 g/mol. The van der Waals surface area contributed by atoms with Gasteiger partial charge in [-0.3, -0.25) is 0 Å². The van der Waals surface area contributed by atoms with E-state index in [9.17, 15) is 0 Å². The topological polar surface area (TPSA) is 12.0 Å². The van der Waals surface area contributed by atoms with Gasteiger partial charge in [-0.05, 0) is 35.6 Å². The van der Waals surface area contributed by atoms with Gasteiger partial charge in [0.15, 0.2) is 0 Å². The molecule has 0 fully saturated rings. The number of para-hydroxylation sites is 2. The van der Waals surface area contributed by atoms with Crippen LogP contribution in [-0.2, 0) is 6.42 Å². The fourth-order valence-electron chi connectivity index (χ4n) is 2.04. The van der Waals surface area contributed by atoms with Crippen molar-refractivity contribution in [1.29, 1.82) is 0 Å². The van der Waals surface area contributed by atoms with Crippen molar-refractivity contribution < 1.29 is 0 Å². The third-order valence-electron chi connectivity index (χ3n) is 2.79. The molecular weight excluding hydrogens is 218 g/mol. The molecule has 0 spiro atoms. The second-order valence-corrected chi connectivity index (χ2v) is 5.89. The molecule has 2 rings (SSSR count). The van der Waals surface area contributed by atoms with E-state index in [0.29, 0.717) is 5.41 Å². The van der Waals surface area contributed by atoms with E-state index >= 15 is 0 Å². The molecule has 0 aliphatic rings. The third-order valence-corrected chi connectivity index (χ3v) is 2.79. The summed E-state index contributed by atoms with van der Waals surface area (Å²) in [5.41, 5.74) is 4.01. The van der Waals surface area contributed by atoms with Crippen LogP contribution in [0.3, 0.4) is 0 Å². The Bertz CT molecular complexity index is 495. The molecule has 1 N–H and O–H groups in total. The number of benzene rings is 2. The smallest absolute Gasteiger partial charge is 0.0416 e. The predicted octanol–water partition coefficient (Wildman–Crippen LogP) is 5.02. The Labute approximate surface area is 110 Å². The Balaban J connectivity index is 2.23. The van der Waals surface area contributed by atoms with Crippen LogP contribution in [0.5, 0.6) is 0 Å². The molecule has 0 saturated carbocycles. The molecule has 1 nitrogen and oxygen atoms in total. The van der Waals surface area contributed by atoms with E-state index < -0.39 is 0 Å². The summed E-state index contributed by atoms with van der Waals surface area (Å²) in [7, 11) is 0. The molecule has 0 aromatic heterocycles. The van der Waals surface area contributed by atoms with E-state index in [1.165, 1.54) is 11.3 Å². The SMILES string of the molecule is CC(C)(C)Cc1ccccc1Nc1ccccc1.